The van der Waals surface area contributed by atoms with Gasteiger partial charge in [0, 0.05) is 6.42 Å². The Morgan fingerprint density at radius 2 is 0.645 bits per heavy atom. The van der Waals surface area contributed by atoms with Crippen LogP contribution >= 0.6 is 0 Å². The van der Waals surface area contributed by atoms with Crippen molar-refractivity contribution >= 4 is 5.91 Å². The number of aliphatic hydroxyl groups excluding tert-OH is 3. The van der Waals surface area contributed by atoms with Gasteiger partial charge in [0.25, 0.3) is 0 Å². The maximum atomic E-state index is 12.5. The summed E-state index contributed by atoms with van der Waals surface area (Å²) < 4.78 is 0. The average Bonchev–Trinajstić information content (AvgIpc) is 3.28. The van der Waals surface area contributed by atoms with Crippen LogP contribution in [0.15, 0.2) is 12.2 Å². The van der Waals surface area contributed by atoms with Crippen LogP contribution in [0.5, 0.6) is 0 Å². The lowest BCUT2D eigenvalue weighted by Gasteiger charge is -2.26. The maximum Gasteiger partial charge on any atom is 0.220 e. The lowest BCUT2D eigenvalue weighted by atomic mass is 10.0. The van der Waals surface area contributed by atoms with Gasteiger partial charge in [-0.3, -0.25) is 4.79 Å². The highest BCUT2D eigenvalue weighted by Crippen LogP contribution is 2.18. The molecule has 0 saturated carbocycles. The third-order valence-corrected chi connectivity index (χ3v) is 13.6. The van der Waals surface area contributed by atoms with Crippen LogP contribution in [0.4, 0.5) is 0 Å². The SMILES string of the molecule is CCCCCCCCCCCCCCCCCCCCC/C=C/CCCC(O)C(O)C(CO)NC(=O)CCCCCCCCCCCCCCCCCCCCCCCCCC. The molecule has 0 rings (SSSR count). The van der Waals surface area contributed by atoms with Gasteiger partial charge in [-0.05, 0) is 38.5 Å². The summed E-state index contributed by atoms with van der Waals surface area (Å²) in [6, 6.07) is -0.822. The van der Waals surface area contributed by atoms with Crippen LogP contribution in [0.25, 0.3) is 0 Å². The second-order valence-corrected chi connectivity index (χ2v) is 19.9. The zero-order valence-corrected chi connectivity index (χ0v) is 42.3. The summed E-state index contributed by atoms with van der Waals surface area (Å²) in [5.74, 6) is -0.146. The molecular formula is C57H113NO4. The summed E-state index contributed by atoms with van der Waals surface area (Å²) in [5.41, 5.74) is 0. The molecule has 3 atom stereocenters. The highest BCUT2D eigenvalue weighted by atomic mass is 16.3. The summed E-state index contributed by atoms with van der Waals surface area (Å²) in [7, 11) is 0. The van der Waals surface area contributed by atoms with Crippen molar-refractivity contribution in [1.82, 2.24) is 5.32 Å². The van der Waals surface area contributed by atoms with Gasteiger partial charge >= 0.3 is 0 Å². The highest BCUT2D eigenvalue weighted by molar-refractivity contribution is 5.76. The molecule has 0 radical (unpaired) electrons. The number of allylic oxidation sites excluding steroid dienone is 2. The van der Waals surface area contributed by atoms with Crippen LogP contribution in [-0.4, -0.2) is 46.1 Å². The largest absolute Gasteiger partial charge is 0.394 e. The number of unbranched alkanes of at least 4 members (excludes halogenated alkanes) is 43. The first-order valence-corrected chi connectivity index (χ1v) is 28.5. The van der Waals surface area contributed by atoms with Gasteiger partial charge in [-0.25, -0.2) is 0 Å². The minimum Gasteiger partial charge on any atom is -0.394 e. The van der Waals surface area contributed by atoms with Crippen molar-refractivity contribution in [2.45, 2.75) is 340 Å². The first-order chi connectivity index (χ1) is 30.6. The topological polar surface area (TPSA) is 89.8 Å². The third-order valence-electron chi connectivity index (χ3n) is 13.6. The van der Waals surface area contributed by atoms with Crippen molar-refractivity contribution in [1.29, 1.82) is 0 Å². The molecule has 0 bridgehead atoms. The molecule has 62 heavy (non-hydrogen) atoms. The molecule has 370 valence electrons. The molecule has 0 aliphatic carbocycles. The van der Waals surface area contributed by atoms with E-state index in [9.17, 15) is 20.1 Å². The van der Waals surface area contributed by atoms with E-state index < -0.39 is 18.2 Å². The van der Waals surface area contributed by atoms with Crippen LogP contribution in [0.3, 0.4) is 0 Å². The molecule has 5 nitrogen and oxygen atoms in total. The Morgan fingerprint density at radius 3 is 0.935 bits per heavy atom. The molecule has 0 spiro atoms. The van der Waals surface area contributed by atoms with Gasteiger partial charge in [0.05, 0.1) is 18.8 Å². The predicted octanol–water partition coefficient (Wildman–Crippen LogP) is 17.5. The van der Waals surface area contributed by atoms with Gasteiger partial charge in [-0.1, -0.05) is 289 Å². The first kappa shape index (κ1) is 61.1. The van der Waals surface area contributed by atoms with Gasteiger partial charge < -0.3 is 20.6 Å². The Labute approximate surface area is 389 Å². The van der Waals surface area contributed by atoms with Crippen molar-refractivity contribution in [3.8, 4) is 0 Å². The smallest absolute Gasteiger partial charge is 0.220 e. The number of amides is 1. The number of hydrogen-bond donors (Lipinski definition) is 4. The molecule has 0 saturated heterocycles. The number of hydrogen-bond acceptors (Lipinski definition) is 4. The number of nitrogens with one attached hydrogen (secondary N) is 1. The zero-order valence-electron chi connectivity index (χ0n) is 42.3. The van der Waals surface area contributed by atoms with E-state index >= 15 is 0 Å². The Bertz CT molecular complexity index is 879. The molecule has 0 aliphatic rings. The van der Waals surface area contributed by atoms with E-state index in [4.69, 9.17) is 0 Å². The highest BCUT2D eigenvalue weighted by Gasteiger charge is 2.26. The molecule has 5 heteroatoms. The van der Waals surface area contributed by atoms with E-state index in [2.05, 4.69) is 31.3 Å². The van der Waals surface area contributed by atoms with Crippen molar-refractivity contribution in [3.05, 3.63) is 12.2 Å². The van der Waals surface area contributed by atoms with E-state index in [1.807, 2.05) is 0 Å². The Kier molecular flexibility index (Phi) is 51.9. The lowest BCUT2D eigenvalue weighted by molar-refractivity contribution is -0.124. The van der Waals surface area contributed by atoms with Crippen LogP contribution < -0.4 is 5.32 Å². The second kappa shape index (κ2) is 52.7. The van der Waals surface area contributed by atoms with Gasteiger partial charge in [-0.15, -0.1) is 0 Å². The monoisotopic (exact) mass is 876 g/mol. The fourth-order valence-corrected chi connectivity index (χ4v) is 9.23. The summed E-state index contributed by atoms with van der Waals surface area (Å²) >= 11 is 0. The lowest BCUT2D eigenvalue weighted by Crippen LogP contribution is -2.50. The van der Waals surface area contributed by atoms with E-state index in [0.717, 1.165) is 38.5 Å². The van der Waals surface area contributed by atoms with Crippen molar-refractivity contribution < 1.29 is 20.1 Å². The summed E-state index contributed by atoms with van der Waals surface area (Å²) in [6.45, 7) is 4.21. The van der Waals surface area contributed by atoms with Gasteiger partial charge in [0.2, 0.25) is 5.91 Å². The number of aliphatic hydroxyl groups is 3. The minimum atomic E-state index is -1.16. The standard InChI is InChI=1S/C57H113NO4/c1-3-5-7-9-11-13-15-17-19-21-23-25-27-29-31-33-35-37-39-41-43-45-47-49-51-55(60)57(62)54(53-59)58-56(61)52-50-48-46-44-42-40-38-36-34-32-30-28-26-24-22-20-18-16-14-12-10-8-6-4-2/h43,45,54-55,57,59-60,62H,3-42,44,46-53H2,1-2H3,(H,58,61)/b45-43+. The normalized spacial score (nSPS) is 13.3. The molecule has 1 amide bonds. The third kappa shape index (κ3) is 47.1. The summed E-state index contributed by atoms with van der Waals surface area (Å²) in [5, 5.41) is 33.8. The van der Waals surface area contributed by atoms with Gasteiger partial charge in [0.15, 0.2) is 0 Å². The van der Waals surface area contributed by atoms with Crippen LogP contribution in [0.1, 0.15) is 322 Å². The molecule has 0 aromatic heterocycles. The van der Waals surface area contributed by atoms with E-state index in [-0.39, 0.29) is 12.5 Å². The van der Waals surface area contributed by atoms with Crippen LogP contribution in [0, 0.1) is 0 Å². The van der Waals surface area contributed by atoms with Crippen LogP contribution in [-0.2, 0) is 4.79 Å². The minimum absolute atomic E-state index is 0.146. The zero-order chi connectivity index (χ0) is 45.1. The number of rotatable bonds is 53. The fraction of sp³-hybridized carbons (Fsp3) is 0.947. The van der Waals surface area contributed by atoms with E-state index in [0.29, 0.717) is 12.8 Å². The fourth-order valence-electron chi connectivity index (χ4n) is 9.23. The maximum absolute atomic E-state index is 12.5. The average molecular weight is 877 g/mol. The number of carbonyl (C=O) groups excluding carboxylic acids is 1. The van der Waals surface area contributed by atoms with Crippen molar-refractivity contribution in [2.75, 3.05) is 6.61 Å². The Morgan fingerprint density at radius 1 is 0.387 bits per heavy atom. The van der Waals surface area contributed by atoms with E-state index in [1.54, 1.807) is 0 Å². The Balaban J connectivity index is 3.53. The summed E-state index contributed by atoms with van der Waals surface area (Å²) in [4.78, 5) is 12.5. The first-order valence-electron chi connectivity index (χ1n) is 28.5. The molecule has 3 unspecified atom stereocenters. The molecular weight excluding hydrogens is 763 g/mol. The predicted molar refractivity (Wildman–Crippen MR) is 273 cm³/mol. The van der Waals surface area contributed by atoms with Gasteiger partial charge in [-0.2, -0.15) is 0 Å². The van der Waals surface area contributed by atoms with E-state index in [1.165, 1.54) is 257 Å². The molecule has 0 aromatic carbocycles. The quantitative estimate of drug-likeness (QED) is 0.0362. The van der Waals surface area contributed by atoms with Crippen molar-refractivity contribution in [2.24, 2.45) is 0 Å². The number of carbonyl (C=O) groups is 1. The molecule has 0 fully saturated rings. The molecule has 0 aliphatic heterocycles. The molecule has 0 aromatic rings. The summed E-state index contributed by atoms with van der Waals surface area (Å²) in [6.07, 6.45) is 65.1. The van der Waals surface area contributed by atoms with Crippen molar-refractivity contribution in [3.63, 3.8) is 0 Å². The van der Waals surface area contributed by atoms with Gasteiger partial charge in [0.1, 0.15) is 6.10 Å². The molecule has 0 heterocycles. The Hall–Kier alpha value is -0.910. The van der Waals surface area contributed by atoms with Crippen LogP contribution in [0.2, 0.25) is 0 Å². The molecule has 4 N–H and O–H groups in total. The second-order valence-electron chi connectivity index (χ2n) is 19.9.